The van der Waals surface area contributed by atoms with Crippen molar-refractivity contribution in [3.63, 3.8) is 0 Å². The molecule has 0 saturated heterocycles. The smallest absolute Gasteiger partial charge is 0.220 e. The van der Waals surface area contributed by atoms with Crippen molar-refractivity contribution in [3.05, 3.63) is 0 Å². The Bertz CT molecular complexity index is 112. The maximum Gasteiger partial charge on any atom is 0.220 e. The van der Waals surface area contributed by atoms with E-state index in [0.717, 1.165) is 32.1 Å². The van der Waals surface area contributed by atoms with Gasteiger partial charge in [0.2, 0.25) is 5.91 Å². The third-order valence-corrected chi connectivity index (χ3v) is 1.95. The molecule has 11 heavy (non-hydrogen) atoms. The van der Waals surface area contributed by atoms with Gasteiger partial charge < -0.3 is 5.73 Å². The molecule has 2 N–H and O–H groups in total. The van der Waals surface area contributed by atoms with Gasteiger partial charge in [-0.1, -0.05) is 33.1 Å². The van der Waals surface area contributed by atoms with E-state index in [1.165, 1.54) is 0 Å². The number of nitrogens with two attached hydrogens (primary N) is 1. The van der Waals surface area contributed by atoms with Crippen LogP contribution in [0.15, 0.2) is 0 Å². The van der Waals surface area contributed by atoms with Crippen LogP contribution in [0.25, 0.3) is 0 Å². The average molecular weight is 157 g/mol. The van der Waals surface area contributed by atoms with E-state index in [4.69, 9.17) is 5.73 Å². The quantitative estimate of drug-likeness (QED) is 0.630. The molecule has 0 unspecified atom stereocenters. The molecular formula is C9H19NO. The zero-order valence-electron chi connectivity index (χ0n) is 7.60. The van der Waals surface area contributed by atoms with Crippen LogP contribution in [0, 0.1) is 5.92 Å². The Kier molecular flexibility index (Phi) is 5.90. The Morgan fingerprint density at radius 3 is 2.27 bits per heavy atom. The van der Waals surface area contributed by atoms with E-state index in [2.05, 4.69) is 13.8 Å². The predicted octanol–water partition coefficient (Wildman–Crippen LogP) is 2.08. The van der Waals surface area contributed by atoms with Crippen LogP contribution in [0.5, 0.6) is 0 Å². The number of hydrogen-bond acceptors (Lipinski definition) is 1. The van der Waals surface area contributed by atoms with Crippen molar-refractivity contribution in [2.24, 2.45) is 11.7 Å². The third kappa shape index (κ3) is 4.82. The number of carbonyl (C=O) groups excluding carboxylic acids is 1. The molecule has 0 aromatic rings. The molecule has 2 heteroatoms. The predicted molar refractivity (Wildman–Crippen MR) is 47.1 cm³/mol. The monoisotopic (exact) mass is 157 g/mol. The Morgan fingerprint density at radius 2 is 1.91 bits per heavy atom. The van der Waals surface area contributed by atoms with Crippen LogP contribution in [0.3, 0.4) is 0 Å². The SMILES string of the molecule is CCCC[C@H](CCC)C(N)=O. The third-order valence-electron chi connectivity index (χ3n) is 1.95. The molecule has 2 nitrogen and oxygen atoms in total. The normalized spacial score (nSPS) is 12.9. The van der Waals surface area contributed by atoms with Gasteiger partial charge in [0.05, 0.1) is 0 Å². The number of unbranched alkanes of at least 4 members (excludes halogenated alkanes) is 1. The molecule has 0 aliphatic rings. The molecule has 0 radical (unpaired) electrons. The van der Waals surface area contributed by atoms with Crippen LogP contribution in [0.1, 0.15) is 46.0 Å². The lowest BCUT2D eigenvalue weighted by molar-refractivity contribution is -0.122. The first kappa shape index (κ1) is 10.5. The zero-order valence-corrected chi connectivity index (χ0v) is 7.60. The Morgan fingerprint density at radius 1 is 1.27 bits per heavy atom. The summed E-state index contributed by atoms with van der Waals surface area (Å²) in [6, 6.07) is 0. The lowest BCUT2D eigenvalue weighted by atomic mass is 9.97. The molecule has 0 fully saturated rings. The fourth-order valence-corrected chi connectivity index (χ4v) is 1.23. The topological polar surface area (TPSA) is 43.1 Å². The maximum atomic E-state index is 10.8. The molecule has 0 aliphatic heterocycles. The summed E-state index contributed by atoms with van der Waals surface area (Å²) in [5.74, 6) is 0.000231. The van der Waals surface area contributed by atoms with Gasteiger partial charge in [-0.3, -0.25) is 4.79 Å². The van der Waals surface area contributed by atoms with Gasteiger partial charge >= 0.3 is 0 Å². The lowest BCUT2D eigenvalue weighted by Gasteiger charge is -2.10. The summed E-state index contributed by atoms with van der Waals surface area (Å²) in [6.07, 6.45) is 5.24. The Labute approximate surface area is 69.2 Å². The highest BCUT2D eigenvalue weighted by atomic mass is 16.1. The summed E-state index contributed by atoms with van der Waals surface area (Å²) in [5, 5.41) is 0. The van der Waals surface area contributed by atoms with Crippen LogP contribution in [0.2, 0.25) is 0 Å². The van der Waals surface area contributed by atoms with Crippen molar-refractivity contribution in [2.45, 2.75) is 46.0 Å². The molecule has 66 valence electrons. The molecule has 0 rings (SSSR count). The zero-order chi connectivity index (χ0) is 8.69. The van der Waals surface area contributed by atoms with Gasteiger partial charge in [-0.25, -0.2) is 0 Å². The van der Waals surface area contributed by atoms with E-state index >= 15 is 0 Å². The van der Waals surface area contributed by atoms with Gasteiger partial charge in [0.1, 0.15) is 0 Å². The highest BCUT2D eigenvalue weighted by Gasteiger charge is 2.12. The van der Waals surface area contributed by atoms with E-state index in [1.54, 1.807) is 0 Å². The summed E-state index contributed by atoms with van der Waals surface area (Å²) in [6.45, 7) is 4.21. The van der Waals surface area contributed by atoms with Crippen molar-refractivity contribution < 1.29 is 4.79 Å². The van der Waals surface area contributed by atoms with E-state index in [-0.39, 0.29) is 11.8 Å². The Balaban J connectivity index is 3.60. The standard InChI is InChI=1S/C9H19NO/c1-3-5-7-8(6-4-2)9(10)11/h8H,3-7H2,1-2H3,(H2,10,11)/t8-/m0/s1. The molecular weight excluding hydrogens is 138 g/mol. The molecule has 0 aromatic heterocycles. The van der Waals surface area contributed by atoms with Gasteiger partial charge in [0.25, 0.3) is 0 Å². The van der Waals surface area contributed by atoms with Gasteiger partial charge in [-0.2, -0.15) is 0 Å². The van der Waals surface area contributed by atoms with E-state index in [1.807, 2.05) is 0 Å². The van der Waals surface area contributed by atoms with Crippen LogP contribution < -0.4 is 5.73 Å². The molecule has 0 heterocycles. The number of rotatable bonds is 6. The molecule has 0 saturated carbocycles. The largest absolute Gasteiger partial charge is 0.369 e. The number of hydrogen-bond donors (Lipinski definition) is 1. The van der Waals surface area contributed by atoms with Crippen LogP contribution in [0.4, 0.5) is 0 Å². The van der Waals surface area contributed by atoms with Crippen molar-refractivity contribution >= 4 is 5.91 Å². The summed E-state index contributed by atoms with van der Waals surface area (Å²) in [4.78, 5) is 10.8. The van der Waals surface area contributed by atoms with Crippen LogP contribution >= 0.6 is 0 Å². The summed E-state index contributed by atoms with van der Waals surface area (Å²) >= 11 is 0. The number of primary amides is 1. The average Bonchev–Trinajstić information content (AvgIpc) is 1.97. The minimum Gasteiger partial charge on any atom is -0.369 e. The van der Waals surface area contributed by atoms with E-state index in [0.29, 0.717) is 0 Å². The van der Waals surface area contributed by atoms with Gasteiger partial charge in [-0.05, 0) is 12.8 Å². The summed E-state index contributed by atoms with van der Waals surface area (Å²) in [7, 11) is 0. The van der Waals surface area contributed by atoms with Crippen molar-refractivity contribution in [1.82, 2.24) is 0 Å². The first-order valence-electron chi connectivity index (χ1n) is 4.51. The summed E-state index contributed by atoms with van der Waals surface area (Å²) < 4.78 is 0. The van der Waals surface area contributed by atoms with Crippen LogP contribution in [-0.4, -0.2) is 5.91 Å². The molecule has 0 spiro atoms. The minimum atomic E-state index is -0.125. The first-order chi connectivity index (χ1) is 5.22. The second-order valence-corrected chi connectivity index (χ2v) is 3.03. The van der Waals surface area contributed by atoms with E-state index in [9.17, 15) is 4.79 Å². The van der Waals surface area contributed by atoms with Gasteiger partial charge in [0.15, 0.2) is 0 Å². The molecule has 0 aromatic carbocycles. The van der Waals surface area contributed by atoms with Gasteiger partial charge in [0, 0.05) is 5.92 Å². The van der Waals surface area contributed by atoms with Crippen molar-refractivity contribution in [1.29, 1.82) is 0 Å². The first-order valence-corrected chi connectivity index (χ1v) is 4.51. The van der Waals surface area contributed by atoms with Crippen molar-refractivity contribution in [2.75, 3.05) is 0 Å². The van der Waals surface area contributed by atoms with Crippen molar-refractivity contribution in [3.8, 4) is 0 Å². The second-order valence-electron chi connectivity index (χ2n) is 3.03. The van der Waals surface area contributed by atoms with Crippen LogP contribution in [-0.2, 0) is 4.79 Å². The lowest BCUT2D eigenvalue weighted by Crippen LogP contribution is -2.22. The second kappa shape index (κ2) is 6.20. The highest BCUT2D eigenvalue weighted by molar-refractivity contribution is 5.76. The van der Waals surface area contributed by atoms with Gasteiger partial charge in [-0.15, -0.1) is 0 Å². The molecule has 0 aliphatic carbocycles. The molecule has 0 bridgehead atoms. The summed E-state index contributed by atoms with van der Waals surface area (Å²) in [5.41, 5.74) is 5.22. The minimum absolute atomic E-state index is 0.125. The fraction of sp³-hybridized carbons (Fsp3) is 0.889. The fourth-order valence-electron chi connectivity index (χ4n) is 1.23. The van der Waals surface area contributed by atoms with E-state index < -0.39 is 0 Å². The Hall–Kier alpha value is -0.530. The number of carbonyl (C=O) groups is 1. The molecule has 1 amide bonds. The highest BCUT2D eigenvalue weighted by Crippen LogP contribution is 2.13. The number of amides is 1. The molecule has 1 atom stereocenters. The maximum absolute atomic E-state index is 10.8.